The van der Waals surface area contributed by atoms with E-state index >= 15 is 0 Å². The van der Waals surface area contributed by atoms with E-state index < -0.39 is 4.92 Å². The zero-order chi connectivity index (χ0) is 12.3. The van der Waals surface area contributed by atoms with Crippen molar-refractivity contribution in [3.05, 3.63) is 39.9 Å². The Labute approximate surface area is 110 Å². The van der Waals surface area contributed by atoms with Crippen molar-refractivity contribution in [2.75, 3.05) is 19.6 Å². The Balaban J connectivity index is 0.00000162. The number of hydrogen-bond donors (Lipinski definition) is 2. The molecule has 1 aromatic carbocycles. The lowest BCUT2D eigenvalue weighted by Crippen LogP contribution is -2.48. The second-order valence-corrected chi connectivity index (χ2v) is 4.04. The van der Waals surface area contributed by atoms with Crippen LogP contribution in [0.1, 0.15) is 10.4 Å². The molecule has 0 aliphatic carbocycles. The summed E-state index contributed by atoms with van der Waals surface area (Å²) < 4.78 is 0. The van der Waals surface area contributed by atoms with Gasteiger partial charge < -0.3 is 10.6 Å². The molecule has 18 heavy (non-hydrogen) atoms. The topological polar surface area (TPSA) is 84.3 Å². The zero-order valence-electron chi connectivity index (χ0n) is 9.59. The summed E-state index contributed by atoms with van der Waals surface area (Å²) in [6, 6.07) is 5.74. The van der Waals surface area contributed by atoms with Gasteiger partial charge in [0, 0.05) is 43.2 Å². The number of halogens is 1. The Hall–Kier alpha value is -1.66. The van der Waals surface area contributed by atoms with Crippen LogP contribution in [-0.4, -0.2) is 30.5 Å². The first-order valence-corrected chi connectivity index (χ1v) is 5.40. The minimum absolute atomic E-state index is 0. The van der Waals surface area contributed by atoms with Crippen LogP contribution in [0.3, 0.4) is 0 Å². The van der Waals surface area contributed by atoms with Crippen molar-refractivity contribution in [3.63, 3.8) is 0 Å². The van der Waals surface area contributed by atoms with Crippen LogP contribution in [0.5, 0.6) is 0 Å². The smallest absolute Gasteiger partial charge is 0.270 e. The van der Waals surface area contributed by atoms with Gasteiger partial charge in [0.05, 0.1) is 4.92 Å². The van der Waals surface area contributed by atoms with Crippen molar-refractivity contribution in [2.24, 2.45) is 5.92 Å². The number of non-ortho nitro benzene ring substituents is 1. The molecule has 2 N–H and O–H groups in total. The van der Waals surface area contributed by atoms with Crippen molar-refractivity contribution in [2.45, 2.75) is 0 Å². The molecule has 1 amide bonds. The van der Waals surface area contributed by atoms with Crippen LogP contribution >= 0.6 is 12.4 Å². The Kier molecular flexibility index (Phi) is 5.06. The normalized spacial score (nSPS) is 14.2. The number of nitro groups is 1. The zero-order valence-corrected chi connectivity index (χ0v) is 10.4. The van der Waals surface area contributed by atoms with Crippen LogP contribution in [0.25, 0.3) is 0 Å². The fourth-order valence-electron chi connectivity index (χ4n) is 1.59. The Bertz CT molecular complexity index is 449. The van der Waals surface area contributed by atoms with E-state index in [-0.39, 0.29) is 24.0 Å². The second-order valence-electron chi connectivity index (χ2n) is 4.04. The van der Waals surface area contributed by atoms with E-state index in [2.05, 4.69) is 10.6 Å². The third kappa shape index (κ3) is 3.41. The third-order valence-corrected chi connectivity index (χ3v) is 2.74. The molecule has 0 atom stereocenters. The molecule has 7 heteroatoms. The maximum atomic E-state index is 11.7. The van der Waals surface area contributed by atoms with Crippen LogP contribution in [0, 0.1) is 16.0 Å². The fraction of sp³-hybridized carbons (Fsp3) is 0.364. The van der Waals surface area contributed by atoms with Gasteiger partial charge in [-0.25, -0.2) is 0 Å². The Morgan fingerprint density at radius 3 is 2.78 bits per heavy atom. The van der Waals surface area contributed by atoms with E-state index in [4.69, 9.17) is 0 Å². The van der Waals surface area contributed by atoms with Gasteiger partial charge in [-0.1, -0.05) is 6.07 Å². The molecule has 98 valence electrons. The summed E-state index contributed by atoms with van der Waals surface area (Å²) in [6.07, 6.45) is 0. The Morgan fingerprint density at radius 1 is 1.50 bits per heavy atom. The molecule has 1 aliphatic heterocycles. The van der Waals surface area contributed by atoms with E-state index in [1.807, 2.05) is 0 Å². The first-order valence-electron chi connectivity index (χ1n) is 5.40. The molecule has 1 saturated heterocycles. The fourth-order valence-corrected chi connectivity index (χ4v) is 1.59. The molecule has 0 bridgehead atoms. The summed E-state index contributed by atoms with van der Waals surface area (Å²) in [4.78, 5) is 21.8. The number of rotatable bonds is 4. The van der Waals surface area contributed by atoms with Crippen LogP contribution in [0.15, 0.2) is 24.3 Å². The van der Waals surface area contributed by atoms with Crippen molar-refractivity contribution < 1.29 is 9.72 Å². The van der Waals surface area contributed by atoms with E-state index in [1.54, 1.807) is 6.07 Å². The summed E-state index contributed by atoms with van der Waals surface area (Å²) in [7, 11) is 0. The summed E-state index contributed by atoms with van der Waals surface area (Å²) in [5, 5.41) is 16.4. The summed E-state index contributed by atoms with van der Waals surface area (Å²) >= 11 is 0. The van der Waals surface area contributed by atoms with Crippen LogP contribution in [0.2, 0.25) is 0 Å². The molecule has 1 fully saturated rings. The van der Waals surface area contributed by atoms with Gasteiger partial charge in [0.1, 0.15) is 0 Å². The molecular formula is C11H14ClN3O3. The number of carbonyl (C=O) groups is 1. The number of nitro benzene ring substituents is 1. The summed E-state index contributed by atoms with van der Waals surface area (Å²) in [6.45, 7) is 2.43. The number of benzene rings is 1. The van der Waals surface area contributed by atoms with Crippen LogP contribution < -0.4 is 10.6 Å². The predicted octanol–water partition coefficient (Wildman–Crippen LogP) is 0.966. The average molecular weight is 272 g/mol. The average Bonchev–Trinajstić information content (AvgIpc) is 2.27. The maximum absolute atomic E-state index is 11.7. The number of amides is 1. The van der Waals surface area contributed by atoms with Crippen LogP contribution in [0.4, 0.5) is 5.69 Å². The molecule has 2 rings (SSSR count). The lowest BCUT2D eigenvalue weighted by molar-refractivity contribution is -0.384. The third-order valence-electron chi connectivity index (χ3n) is 2.74. The highest BCUT2D eigenvalue weighted by Crippen LogP contribution is 2.13. The predicted molar refractivity (Wildman–Crippen MR) is 69.0 cm³/mol. The molecule has 1 aliphatic rings. The molecule has 0 unspecified atom stereocenters. The molecule has 0 aromatic heterocycles. The molecule has 1 heterocycles. The van der Waals surface area contributed by atoms with Gasteiger partial charge in [-0.2, -0.15) is 0 Å². The minimum Gasteiger partial charge on any atom is -0.352 e. The monoisotopic (exact) mass is 271 g/mol. The molecular weight excluding hydrogens is 258 g/mol. The number of nitrogens with zero attached hydrogens (tertiary/aromatic N) is 1. The van der Waals surface area contributed by atoms with E-state index in [0.29, 0.717) is 18.0 Å². The highest BCUT2D eigenvalue weighted by Gasteiger charge is 2.18. The summed E-state index contributed by atoms with van der Waals surface area (Å²) in [5.74, 6) is 0.207. The van der Waals surface area contributed by atoms with Crippen molar-refractivity contribution in [1.29, 1.82) is 0 Å². The van der Waals surface area contributed by atoms with Gasteiger partial charge >= 0.3 is 0 Å². The largest absolute Gasteiger partial charge is 0.352 e. The van der Waals surface area contributed by atoms with Crippen molar-refractivity contribution in [1.82, 2.24) is 10.6 Å². The van der Waals surface area contributed by atoms with E-state index in [9.17, 15) is 14.9 Å². The number of nitrogens with one attached hydrogen (secondary N) is 2. The molecule has 0 spiro atoms. The lowest BCUT2D eigenvalue weighted by Gasteiger charge is -2.27. The number of carbonyl (C=O) groups excluding carboxylic acids is 1. The van der Waals surface area contributed by atoms with Gasteiger partial charge in [-0.05, 0) is 6.07 Å². The number of hydrogen-bond acceptors (Lipinski definition) is 4. The minimum atomic E-state index is -0.507. The molecule has 1 aromatic rings. The van der Waals surface area contributed by atoms with E-state index in [0.717, 1.165) is 13.1 Å². The van der Waals surface area contributed by atoms with Gasteiger partial charge in [0.15, 0.2) is 0 Å². The highest BCUT2D eigenvalue weighted by atomic mass is 35.5. The lowest BCUT2D eigenvalue weighted by atomic mass is 10.0. The van der Waals surface area contributed by atoms with Crippen molar-refractivity contribution >= 4 is 24.0 Å². The standard InChI is InChI=1S/C11H13N3O3.ClH/c15-11(13-7-8-5-12-6-8)9-2-1-3-10(4-9)14(16)17;/h1-4,8,12H,5-7H2,(H,13,15);1H. The molecule has 0 radical (unpaired) electrons. The van der Waals surface area contributed by atoms with Crippen molar-refractivity contribution in [3.8, 4) is 0 Å². The SMILES string of the molecule is Cl.O=C(NCC1CNC1)c1cccc([N+](=O)[O-])c1. The molecule has 6 nitrogen and oxygen atoms in total. The quantitative estimate of drug-likeness (QED) is 0.631. The van der Waals surface area contributed by atoms with E-state index in [1.165, 1.54) is 18.2 Å². The summed E-state index contributed by atoms with van der Waals surface area (Å²) in [5.41, 5.74) is 0.259. The molecule has 0 saturated carbocycles. The van der Waals surface area contributed by atoms with Gasteiger partial charge in [0.2, 0.25) is 0 Å². The van der Waals surface area contributed by atoms with Gasteiger partial charge in [0.25, 0.3) is 11.6 Å². The first kappa shape index (κ1) is 14.4. The maximum Gasteiger partial charge on any atom is 0.270 e. The second kappa shape index (κ2) is 6.32. The van der Waals surface area contributed by atoms with Crippen LogP contribution in [-0.2, 0) is 0 Å². The van der Waals surface area contributed by atoms with Gasteiger partial charge in [-0.15, -0.1) is 12.4 Å². The Morgan fingerprint density at radius 2 is 2.22 bits per heavy atom. The first-order chi connectivity index (χ1) is 8.16. The highest BCUT2D eigenvalue weighted by molar-refractivity contribution is 5.94. The van der Waals surface area contributed by atoms with Gasteiger partial charge in [-0.3, -0.25) is 14.9 Å².